The summed E-state index contributed by atoms with van der Waals surface area (Å²) in [6.07, 6.45) is 2.33. The molecular weight excluding hydrogens is 369 g/mol. The predicted molar refractivity (Wildman–Crippen MR) is 87.1 cm³/mol. The Kier molecular flexibility index (Phi) is 6.25. The lowest BCUT2D eigenvalue weighted by Crippen LogP contribution is -2.37. The maximum absolute atomic E-state index is 12.1. The standard InChI is InChI=1S/C15H20INO3/c1-19-8-2-9-20-10-7-17-14-5-4-13(16)11-12(14)3-6-15(17)18/h4-5,11H,2-3,6-10H2,1H3. The number of ether oxygens (including phenoxy) is 2. The Morgan fingerprint density at radius 3 is 2.90 bits per heavy atom. The molecule has 1 heterocycles. The van der Waals surface area contributed by atoms with Crippen molar-refractivity contribution >= 4 is 34.2 Å². The molecule has 0 saturated carbocycles. The van der Waals surface area contributed by atoms with Gasteiger partial charge in [-0.15, -0.1) is 0 Å². The van der Waals surface area contributed by atoms with Gasteiger partial charge < -0.3 is 14.4 Å². The SMILES string of the molecule is COCCCOCCN1C(=O)CCc2cc(I)ccc21. The van der Waals surface area contributed by atoms with E-state index in [1.165, 1.54) is 9.13 Å². The number of hydrogen-bond acceptors (Lipinski definition) is 3. The second-order valence-corrected chi connectivity index (χ2v) is 6.02. The Bertz CT molecular complexity index is 464. The van der Waals surface area contributed by atoms with Crippen LogP contribution in [0.4, 0.5) is 5.69 Å². The van der Waals surface area contributed by atoms with Gasteiger partial charge in [0.2, 0.25) is 5.91 Å². The van der Waals surface area contributed by atoms with Crippen LogP contribution in [0.5, 0.6) is 0 Å². The van der Waals surface area contributed by atoms with Gasteiger partial charge in [-0.2, -0.15) is 0 Å². The summed E-state index contributed by atoms with van der Waals surface area (Å²) in [7, 11) is 1.69. The third-order valence-corrected chi connectivity index (χ3v) is 4.01. The number of benzene rings is 1. The minimum atomic E-state index is 0.194. The van der Waals surface area contributed by atoms with Crippen molar-refractivity contribution in [3.8, 4) is 0 Å². The van der Waals surface area contributed by atoms with E-state index in [0.717, 1.165) is 18.5 Å². The van der Waals surface area contributed by atoms with Crippen molar-refractivity contribution in [3.05, 3.63) is 27.3 Å². The second kappa shape index (κ2) is 7.95. The van der Waals surface area contributed by atoms with Crippen LogP contribution >= 0.6 is 22.6 Å². The van der Waals surface area contributed by atoms with Gasteiger partial charge in [0, 0.05) is 42.5 Å². The molecule has 0 bridgehead atoms. The fourth-order valence-corrected chi connectivity index (χ4v) is 2.89. The third-order valence-electron chi connectivity index (χ3n) is 3.34. The number of anilines is 1. The van der Waals surface area contributed by atoms with Crippen molar-refractivity contribution in [1.29, 1.82) is 0 Å². The van der Waals surface area contributed by atoms with Crippen molar-refractivity contribution in [1.82, 2.24) is 0 Å². The maximum Gasteiger partial charge on any atom is 0.227 e. The first-order valence-electron chi connectivity index (χ1n) is 6.88. The highest BCUT2D eigenvalue weighted by Crippen LogP contribution is 2.28. The smallest absolute Gasteiger partial charge is 0.227 e. The second-order valence-electron chi connectivity index (χ2n) is 4.78. The number of hydrogen-bond donors (Lipinski definition) is 0. The zero-order valence-electron chi connectivity index (χ0n) is 11.7. The predicted octanol–water partition coefficient (Wildman–Crippen LogP) is 2.62. The van der Waals surface area contributed by atoms with Crippen LogP contribution in [0, 0.1) is 3.57 Å². The molecule has 1 aromatic carbocycles. The molecule has 0 unspecified atom stereocenters. The summed E-state index contributed by atoms with van der Waals surface area (Å²) in [5.41, 5.74) is 2.30. The van der Waals surface area contributed by atoms with E-state index in [4.69, 9.17) is 9.47 Å². The van der Waals surface area contributed by atoms with Gasteiger partial charge in [0.25, 0.3) is 0 Å². The van der Waals surface area contributed by atoms with Crippen molar-refractivity contribution < 1.29 is 14.3 Å². The Labute approximate surface area is 133 Å². The summed E-state index contributed by atoms with van der Waals surface area (Å²) in [4.78, 5) is 13.9. The van der Waals surface area contributed by atoms with Crippen LogP contribution in [0.1, 0.15) is 18.4 Å². The van der Waals surface area contributed by atoms with Crippen LogP contribution in [0.2, 0.25) is 0 Å². The van der Waals surface area contributed by atoms with Gasteiger partial charge in [-0.05, 0) is 59.2 Å². The summed E-state index contributed by atoms with van der Waals surface area (Å²) < 4.78 is 11.7. The number of nitrogens with zero attached hydrogens (tertiary/aromatic N) is 1. The van der Waals surface area contributed by atoms with Crippen molar-refractivity contribution in [3.63, 3.8) is 0 Å². The highest BCUT2D eigenvalue weighted by Gasteiger charge is 2.23. The fraction of sp³-hybridized carbons (Fsp3) is 0.533. The molecule has 0 atom stereocenters. The lowest BCUT2D eigenvalue weighted by Gasteiger charge is -2.29. The molecule has 0 spiro atoms. The quantitative estimate of drug-likeness (QED) is 0.532. The molecule has 0 radical (unpaired) electrons. The first kappa shape index (κ1) is 15.7. The molecule has 2 rings (SSSR count). The Hall–Kier alpha value is -0.660. The van der Waals surface area contributed by atoms with Gasteiger partial charge in [-0.3, -0.25) is 4.79 Å². The molecule has 0 fully saturated rings. The zero-order chi connectivity index (χ0) is 14.4. The minimum Gasteiger partial charge on any atom is -0.385 e. The Balaban J connectivity index is 1.89. The van der Waals surface area contributed by atoms with E-state index in [9.17, 15) is 4.79 Å². The number of rotatable bonds is 7. The lowest BCUT2D eigenvalue weighted by molar-refractivity contribution is -0.119. The van der Waals surface area contributed by atoms with Crippen LogP contribution in [0.3, 0.4) is 0 Å². The summed E-state index contributed by atoms with van der Waals surface area (Å²) in [6.45, 7) is 2.58. The van der Waals surface area contributed by atoms with Crippen molar-refractivity contribution in [2.45, 2.75) is 19.3 Å². The van der Waals surface area contributed by atoms with Gasteiger partial charge in [0.05, 0.1) is 6.61 Å². The van der Waals surface area contributed by atoms with Crippen LogP contribution < -0.4 is 4.90 Å². The molecule has 0 aromatic heterocycles. The molecule has 20 heavy (non-hydrogen) atoms. The van der Waals surface area contributed by atoms with E-state index in [-0.39, 0.29) is 5.91 Å². The highest BCUT2D eigenvalue weighted by atomic mass is 127. The minimum absolute atomic E-state index is 0.194. The maximum atomic E-state index is 12.1. The molecule has 0 aliphatic carbocycles. The molecule has 5 heteroatoms. The van der Waals surface area contributed by atoms with Gasteiger partial charge in [-0.25, -0.2) is 0 Å². The van der Waals surface area contributed by atoms with E-state index < -0.39 is 0 Å². The summed E-state index contributed by atoms with van der Waals surface area (Å²) in [5.74, 6) is 0.194. The van der Waals surface area contributed by atoms with Crippen LogP contribution in [-0.4, -0.2) is 39.4 Å². The molecule has 1 aliphatic heterocycles. The van der Waals surface area contributed by atoms with Crippen molar-refractivity contribution in [2.24, 2.45) is 0 Å². The van der Waals surface area contributed by atoms with E-state index in [1.54, 1.807) is 7.11 Å². The van der Waals surface area contributed by atoms with Crippen molar-refractivity contribution in [2.75, 3.05) is 38.4 Å². The summed E-state index contributed by atoms with van der Waals surface area (Å²) in [5, 5.41) is 0. The molecule has 1 aliphatic rings. The number of aryl methyl sites for hydroxylation is 1. The van der Waals surface area contributed by atoms with Gasteiger partial charge in [-0.1, -0.05) is 0 Å². The zero-order valence-corrected chi connectivity index (χ0v) is 13.9. The number of fused-ring (bicyclic) bond motifs is 1. The number of carbonyl (C=O) groups is 1. The van der Waals surface area contributed by atoms with Gasteiger partial charge in [0.1, 0.15) is 0 Å². The number of amides is 1. The normalized spacial score (nSPS) is 14.5. The van der Waals surface area contributed by atoms with Gasteiger partial charge in [0.15, 0.2) is 0 Å². The first-order chi connectivity index (χ1) is 9.72. The molecule has 1 aromatic rings. The number of carbonyl (C=O) groups excluding carboxylic acids is 1. The van der Waals surface area contributed by atoms with Gasteiger partial charge >= 0.3 is 0 Å². The average molecular weight is 389 g/mol. The van der Waals surface area contributed by atoms with E-state index in [1.807, 2.05) is 17.0 Å². The number of methoxy groups -OCH3 is 1. The number of halogens is 1. The van der Waals surface area contributed by atoms with Crippen LogP contribution in [0.15, 0.2) is 18.2 Å². The van der Waals surface area contributed by atoms with Crippen LogP contribution in [0.25, 0.3) is 0 Å². The average Bonchev–Trinajstić information content (AvgIpc) is 2.44. The first-order valence-corrected chi connectivity index (χ1v) is 7.95. The Morgan fingerprint density at radius 2 is 2.10 bits per heavy atom. The monoisotopic (exact) mass is 389 g/mol. The van der Waals surface area contributed by atoms with Crippen LogP contribution in [-0.2, 0) is 20.7 Å². The summed E-state index contributed by atoms with van der Waals surface area (Å²) >= 11 is 2.31. The van der Waals surface area contributed by atoms with E-state index >= 15 is 0 Å². The molecule has 4 nitrogen and oxygen atoms in total. The highest BCUT2D eigenvalue weighted by molar-refractivity contribution is 14.1. The molecule has 0 saturated heterocycles. The molecule has 0 N–H and O–H groups in total. The third kappa shape index (κ3) is 4.17. The molecule has 110 valence electrons. The largest absolute Gasteiger partial charge is 0.385 e. The fourth-order valence-electron chi connectivity index (χ4n) is 2.34. The topological polar surface area (TPSA) is 38.8 Å². The van der Waals surface area contributed by atoms with E-state index in [0.29, 0.717) is 32.8 Å². The molecular formula is C15H20INO3. The lowest BCUT2D eigenvalue weighted by atomic mass is 10.0. The Morgan fingerprint density at radius 1 is 1.25 bits per heavy atom. The molecule has 1 amide bonds. The van der Waals surface area contributed by atoms with E-state index in [2.05, 4.69) is 28.7 Å². The summed E-state index contributed by atoms with van der Waals surface area (Å²) in [6, 6.07) is 6.25.